The average molecular weight is 312 g/mol. The van der Waals surface area contributed by atoms with Crippen molar-refractivity contribution < 1.29 is 4.92 Å². The van der Waals surface area contributed by atoms with Crippen LogP contribution in [0.2, 0.25) is 5.02 Å². The minimum Gasteiger partial charge on any atom is -0.300 e. The number of nitro benzene ring substituents is 1. The van der Waals surface area contributed by atoms with Crippen LogP contribution in [0.4, 0.5) is 5.69 Å². The lowest BCUT2D eigenvalue weighted by molar-refractivity contribution is -0.384. The first-order valence-electron chi connectivity index (χ1n) is 7.44. The second kappa shape index (κ2) is 7.20. The standard InChI is InChI=1S/C15H22ClN3O2/c1-3-18(4-2)13-7-8-17(11-13)10-12-5-6-14(16)15(9-12)19(20)21/h5-6,9,13H,3-4,7-8,10-11H2,1-2H3. The highest BCUT2D eigenvalue weighted by atomic mass is 35.5. The first-order valence-corrected chi connectivity index (χ1v) is 7.82. The van der Waals surface area contributed by atoms with Gasteiger partial charge in [0.2, 0.25) is 0 Å². The Bertz CT molecular complexity index is 506. The summed E-state index contributed by atoms with van der Waals surface area (Å²) in [7, 11) is 0. The zero-order valence-electron chi connectivity index (χ0n) is 12.6. The molecule has 21 heavy (non-hydrogen) atoms. The Morgan fingerprint density at radius 2 is 2.14 bits per heavy atom. The second-order valence-electron chi connectivity index (χ2n) is 5.44. The number of halogens is 1. The van der Waals surface area contributed by atoms with E-state index >= 15 is 0 Å². The van der Waals surface area contributed by atoms with Gasteiger partial charge in [0, 0.05) is 31.7 Å². The summed E-state index contributed by atoms with van der Waals surface area (Å²) in [5.41, 5.74) is 0.944. The lowest BCUT2D eigenvalue weighted by atomic mass is 10.2. The third-order valence-corrected chi connectivity index (χ3v) is 4.51. The Hall–Kier alpha value is -1.17. The number of rotatable bonds is 6. The van der Waals surface area contributed by atoms with E-state index in [4.69, 9.17) is 11.6 Å². The van der Waals surface area contributed by atoms with Crippen LogP contribution in [0, 0.1) is 10.1 Å². The molecule has 0 N–H and O–H groups in total. The number of benzene rings is 1. The van der Waals surface area contributed by atoms with Crippen molar-refractivity contribution in [3.63, 3.8) is 0 Å². The molecule has 5 nitrogen and oxygen atoms in total. The molecule has 1 aliphatic heterocycles. The molecule has 0 aliphatic carbocycles. The molecule has 1 unspecified atom stereocenters. The second-order valence-corrected chi connectivity index (χ2v) is 5.85. The maximum atomic E-state index is 10.9. The van der Waals surface area contributed by atoms with E-state index in [1.165, 1.54) is 0 Å². The van der Waals surface area contributed by atoms with Gasteiger partial charge in [0.05, 0.1) is 4.92 Å². The maximum Gasteiger partial charge on any atom is 0.288 e. The molecule has 6 heteroatoms. The molecule has 0 amide bonds. The summed E-state index contributed by atoms with van der Waals surface area (Å²) in [6.45, 7) is 9.33. The molecule has 0 spiro atoms. The van der Waals surface area contributed by atoms with Crippen molar-refractivity contribution >= 4 is 17.3 Å². The van der Waals surface area contributed by atoms with Gasteiger partial charge in [-0.15, -0.1) is 0 Å². The molecular weight excluding hydrogens is 290 g/mol. The van der Waals surface area contributed by atoms with Gasteiger partial charge in [0.1, 0.15) is 5.02 Å². The van der Waals surface area contributed by atoms with Crippen LogP contribution in [-0.4, -0.2) is 46.9 Å². The summed E-state index contributed by atoms with van der Waals surface area (Å²) in [5, 5.41) is 11.1. The number of nitro groups is 1. The highest BCUT2D eigenvalue weighted by Gasteiger charge is 2.26. The zero-order valence-corrected chi connectivity index (χ0v) is 13.3. The summed E-state index contributed by atoms with van der Waals surface area (Å²) in [5.74, 6) is 0. The Morgan fingerprint density at radius 3 is 2.76 bits per heavy atom. The minimum absolute atomic E-state index is 0.00587. The van der Waals surface area contributed by atoms with Crippen LogP contribution in [0.3, 0.4) is 0 Å². The van der Waals surface area contributed by atoms with Crippen LogP contribution >= 0.6 is 11.6 Å². The molecule has 1 fully saturated rings. The Morgan fingerprint density at radius 1 is 1.43 bits per heavy atom. The van der Waals surface area contributed by atoms with Crippen molar-refractivity contribution in [2.24, 2.45) is 0 Å². The molecular formula is C15H22ClN3O2. The highest BCUT2D eigenvalue weighted by molar-refractivity contribution is 6.32. The summed E-state index contributed by atoms with van der Waals surface area (Å²) in [6.07, 6.45) is 1.16. The molecule has 0 aromatic heterocycles. The highest BCUT2D eigenvalue weighted by Crippen LogP contribution is 2.26. The number of likely N-dealkylation sites (N-methyl/N-ethyl adjacent to an activating group) is 1. The van der Waals surface area contributed by atoms with E-state index in [9.17, 15) is 10.1 Å². The predicted molar refractivity (Wildman–Crippen MR) is 84.7 cm³/mol. The number of hydrogen-bond donors (Lipinski definition) is 0. The SMILES string of the molecule is CCN(CC)C1CCN(Cc2ccc(Cl)c([N+](=O)[O-])c2)C1. The molecule has 1 heterocycles. The van der Waals surface area contributed by atoms with Crippen LogP contribution in [-0.2, 0) is 6.54 Å². The molecule has 0 saturated carbocycles. The maximum absolute atomic E-state index is 10.9. The molecule has 0 bridgehead atoms. The molecule has 1 atom stereocenters. The average Bonchev–Trinajstić information content (AvgIpc) is 2.90. The minimum atomic E-state index is -0.422. The summed E-state index contributed by atoms with van der Waals surface area (Å²) < 4.78 is 0. The third-order valence-electron chi connectivity index (χ3n) is 4.19. The van der Waals surface area contributed by atoms with E-state index in [0.29, 0.717) is 6.04 Å². The normalized spacial score (nSPS) is 19.3. The van der Waals surface area contributed by atoms with Gasteiger partial charge in [-0.3, -0.25) is 19.9 Å². The van der Waals surface area contributed by atoms with E-state index in [1.807, 2.05) is 6.07 Å². The molecule has 116 valence electrons. The fourth-order valence-electron chi connectivity index (χ4n) is 3.05. The molecule has 0 radical (unpaired) electrons. The fraction of sp³-hybridized carbons (Fsp3) is 0.600. The van der Waals surface area contributed by atoms with Gasteiger partial charge in [0.15, 0.2) is 0 Å². The largest absolute Gasteiger partial charge is 0.300 e. The fourth-order valence-corrected chi connectivity index (χ4v) is 3.24. The summed E-state index contributed by atoms with van der Waals surface area (Å²) in [4.78, 5) is 15.3. The van der Waals surface area contributed by atoms with Gasteiger partial charge in [-0.1, -0.05) is 31.5 Å². The van der Waals surface area contributed by atoms with E-state index < -0.39 is 4.92 Å². The van der Waals surface area contributed by atoms with Crippen LogP contribution in [0.1, 0.15) is 25.8 Å². The van der Waals surface area contributed by atoms with E-state index in [0.717, 1.165) is 44.7 Å². The Balaban J connectivity index is 2.00. The van der Waals surface area contributed by atoms with Gasteiger partial charge in [0.25, 0.3) is 5.69 Å². The molecule has 1 saturated heterocycles. The molecule has 1 aromatic rings. The molecule has 1 aliphatic rings. The summed E-state index contributed by atoms with van der Waals surface area (Å²) in [6, 6.07) is 5.68. The Kier molecular flexibility index (Phi) is 5.56. The predicted octanol–water partition coefficient (Wildman–Crippen LogP) is 3.16. The van der Waals surface area contributed by atoms with E-state index in [-0.39, 0.29) is 10.7 Å². The van der Waals surface area contributed by atoms with Gasteiger partial charge in [-0.25, -0.2) is 0 Å². The Labute approximate surface area is 130 Å². The smallest absolute Gasteiger partial charge is 0.288 e. The number of hydrogen-bond acceptors (Lipinski definition) is 4. The first kappa shape index (κ1) is 16.2. The van der Waals surface area contributed by atoms with Gasteiger partial charge in [-0.05, 0) is 31.1 Å². The summed E-state index contributed by atoms with van der Waals surface area (Å²) >= 11 is 5.85. The van der Waals surface area contributed by atoms with Gasteiger partial charge >= 0.3 is 0 Å². The number of likely N-dealkylation sites (tertiary alicyclic amines) is 1. The van der Waals surface area contributed by atoms with Crippen LogP contribution in [0.15, 0.2) is 18.2 Å². The third kappa shape index (κ3) is 3.93. The van der Waals surface area contributed by atoms with Crippen LogP contribution in [0.25, 0.3) is 0 Å². The van der Waals surface area contributed by atoms with E-state index in [1.54, 1.807) is 12.1 Å². The van der Waals surface area contributed by atoms with E-state index in [2.05, 4.69) is 23.6 Å². The van der Waals surface area contributed by atoms with Gasteiger partial charge < -0.3 is 0 Å². The van der Waals surface area contributed by atoms with Gasteiger partial charge in [-0.2, -0.15) is 0 Å². The van der Waals surface area contributed by atoms with Crippen molar-refractivity contribution in [2.75, 3.05) is 26.2 Å². The first-order chi connectivity index (χ1) is 10.0. The molecule has 1 aromatic carbocycles. The van der Waals surface area contributed by atoms with Crippen molar-refractivity contribution in [1.82, 2.24) is 9.80 Å². The van der Waals surface area contributed by atoms with Crippen LogP contribution in [0.5, 0.6) is 0 Å². The van der Waals surface area contributed by atoms with Crippen LogP contribution < -0.4 is 0 Å². The number of nitrogens with zero attached hydrogens (tertiary/aromatic N) is 3. The molecule has 2 rings (SSSR count). The lowest BCUT2D eigenvalue weighted by Crippen LogP contribution is -2.37. The van der Waals surface area contributed by atoms with Crippen molar-refractivity contribution in [3.05, 3.63) is 38.9 Å². The van der Waals surface area contributed by atoms with Crippen molar-refractivity contribution in [2.45, 2.75) is 32.9 Å². The zero-order chi connectivity index (χ0) is 15.4. The monoisotopic (exact) mass is 311 g/mol. The quantitative estimate of drug-likeness (QED) is 0.598. The lowest BCUT2D eigenvalue weighted by Gasteiger charge is -2.26. The van der Waals surface area contributed by atoms with Crippen molar-refractivity contribution in [1.29, 1.82) is 0 Å². The topological polar surface area (TPSA) is 49.6 Å². The van der Waals surface area contributed by atoms with Crippen molar-refractivity contribution in [3.8, 4) is 0 Å².